The van der Waals surface area contributed by atoms with Crippen molar-refractivity contribution in [2.75, 3.05) is 6.26 Å². The fourth-order valence-corrected chi connectivity index (χ4v) is 2.36. The molecule has 0 saturated carbocycles. The summed E-state index contributed by atoms with van der Waals surface area (Å²) in [7, 11) is 0. The zero-order chi connectivity index (χ0) is 9.14. The average molecular weight is 198 g/mol. The van der Waals surface area contributed by atoms with E-state index in [0.29, 0.717) is 10.4 Å². The molecule has 12 heavy (non-hydrogen) atoms. The van der Waals surface area contributed by atoms with Gasteiger partial charge in [0, 0.05) is 5.56 Å². The second kappa shape index (κ2) is 3.65. The largest absolute Gasteiger partial charge is 0.477 e. The number of thiophene rings is 1. The quantitative estimate of drug-likeness (QED) is 0.584. The molecule has 0 bridgehead atoms. The first-order chi connectivity index (χ1) is 5.69. The van der Waals surface area contributed by atoms with Crippen molar-refractivity contribution in [3.8, 4) is 12.3 Å². The molecule has 0 aromatic carbocycles. The van der Waals surface area contributed by atoms with Gasteiger partial charge < -0.3 is 5.11 Å². The second-order valence-corrected chi connectivity index (χ2v) is 4.09. The molecule has 0 unspecified atom stereocenters. The van der Waals surface area contributed by atoms with E-state index in [1.807, 2.05) is 6.26 Å². The van der Waals surface area contributed by atoms with Crippen molar-refractivity contribution >= 4 is 29.1 Å². The lowest BCUT2D eigenvalue weighted by Crippen LogP contribution is -1.89. The summed E-state index contributed by atoms with van der Waals surface area (Å²) in [6.45, 7) is 0. The molecule has 0 aliphatic heterocycles. The van der Waals surface area contributed by atoms with Crippen LogP contribution in [0.25, 0.3) is 0 Å². The number of thioether (sulfide) groups is 1. The molecule has 0 atom stereocenters. The zero-order valence-corrected chi connectivity index (χ0v) is 7.96. The standard InChI is InChI=1S/C8H6O2S2/c1-3-5-4-6(7(9)10)12-8(5)11-2/h1,4H,2H3,(H,9,10). The highest BCUT2D eigenvalue weighted by atomic mass is 32.2. The fraction of sp³-hybridized carbons (Fsp3) is 0.125. The maximum atomic E-state index is 10.5. The number of carboxylic acid groups (broad SMARTS) is 1. The number of aromatic carboxylic acids is 1. The van der Waals surface area contributed by atoms with Crippen LogP contribution in [-0.4, -0.2) is 17.3 Å². The van der Waals surface area contributed by atoms with Crippen LogP contribution in [0, 0.1) is 12.3 Å². The molecule has 1 heterocycles. The van der Waals surface area contributed by atoms with Crippen molar-refractivity contribution in [2.24, 2.45) is 0 Å². The Hall–Kier alpha value is -0.920. The molecule has 1 N–H and O–H groups in total. The monoisotopic (exact) mass is 198 g/mol. The number of carbonyl (C=O) groups is 1. The molecule has 0 aliphatic rings. The maximum absolute atomic E-state index is 10.5. The van der Waals surface area contributed by atoms with Gasteiger partial charge >= 0.3 is 5.97 Å². The SMILES string of the molecule is C#Cc1cc(C(=O)O)sc1SC. The summed E-state index contributed by atoms with van der Waals surface area (Å²) in [6.07, 6.45) is 7.06. The predicted octanol–water partition coefficient (Wildman–Crippen LogP) is 2.15. The fourth-order valence-electron chi connectivity index (χ4n) is 0.732. The van der Waals surface area contributed by atoms with Crippen LogP contribution >= 0.6 is 23.1 Å². The van der Waals surface area contributed by atoms with E-state index in [9.17, 15) is 4.79 Å². The summed E-state index contributed by atoms with van der Waals surface area (Å²) in [5.41, 5.74) is 0.671. The highest BCUT2D eigenvalue weighted by Gasteiger charge is 2.11. The van der Waals surface area contributed by atoms with Crippen LogP contribution in [0.2, 0.25) is 0 Å². The maximum Gasteiger partial charge on any atom is 0.345 e. The van der Waals surface area contributed by atoms with Gasteiger partial charge in [-0.15, -0.1) is 29.5 Å². The molecule has 0 radical (unpaired) electrons. The van der Waals surface area contributed by atoms with Crippen LogP contribution in [0.15, 0.2) is 10.3 Å². The first-order valence-electron chi connectivity index (χ1n) is 3.06. The Kier molecular flexibility index (Phi) is 2.79. The molecule has 1 rings (SSSR count). The molecule has 62 valence electrons. The highest BCUT2D eigenvalue weighted by Crippen LogP contribution is 2.29. The number of hydrogen-bond acceptors (Lipinski definition) is 3. The van der Waals surface area contributed by atoms with Gasteiger partial charge in [0.05, 0.1) is 4.21 Å². The van der Waals surface area contributed by atoms with Gasteiger partial charge in [0.1, 0.15) is 4.88 Å². The summed E-state index contributed by atoms with van der Waals surface area (Å²) in [5.74, 6) is 1.53. The van der Waals surface area contributed by atoms with Crippen LogP contribution in [0.3, 0.4) is 0 Å². The van der Waals surface area contributed by atoms with Crippen LogP contribution in [0.4, 0.5) is 0 Å². The van der Waals surface area contributed by atoms with Crippen molar-refractivity contribution in [1.29, 1.82) is 0 Å². The molecule has 0 fully saturated rings. The molecular weight excluding hydrogens is 192 g/mol. The van der Waals surface area contributed by atoms with Gasteiger partial charge in [-0.25, -0.2) is 4.79 Å². The number of terminal acetylenes is 1. The molecule has 4 heteroatoms. The van der Waals surface area contributed by atoms with Gasteiger partial charge in [-0.2, -0.15) is 0 Å². The Morgan fingerprint density at radius 1 is 1.83 bits per heavy atom. The van der Waals surface area contributed by atoms with Crippen molar-refractivity contribution in [1.82, 2.24) is 0 Å². The van der Waals surface area contributed by atoms with E-state index < -0.39 is 5.97 Å². The normalized spacial score (nSPS) is 9.33. The van der Waals surface area contributed by atoms with Gasteiger partial charge in [0.15, 0.2) is 0 Å². The van der Waals surface area contributed by atoms with E-state index in [-0.39, 0.29) is 0 Å². The summed E-state index contributed by atoms with van der Waals surface area (Å²) in [5, 5.41) is 8.65. The Morgan fingerprint density at radius 2 is 2.50 bits per heavy atom. The van der Waals surface area contributed by atoms with Crippen molar-refractivity contribution < 1.29 is 9.90 Å². The minimum Gasteiger partial charge on any atom is -0.477 e. The minimum atomic E-state index is -0.920. The van der Waals surface area contributed by atoms with Gasteiger partial charge in [-0.1, -0.05) is 5.92 Å². The molecular formula is C8H6O2S2. The highest BCUT2D eigenvalue weighted by molar-refractivity contribution is 8.00. The van der Waals surface area contributed by atoms with Crippen LogP contribution in [0.1, 0.15) is 15.2 Å². The second-order valence-electron chi connectivity index (χ2n) is 1.97. The summed E-state index contributed by atoms with van der Waals surface area (Å²) >= 11 is 2.68. The van der Waals surface area contributed by atoms with Crippen molar-refractivity contribution in [2.45, 2.75) is 4.21 Å². The van der Waals surface area contributed by atoms with Gasteiger partial charge in [0.2, 0.25) is 0 Å². The number of carboxylic acids is 1. The van der Waals surface area contributed by atoms with E-state index >= 15 is 0 Å². The van der Waals surface area contributed by atoms with E-state index in [1.165, 1.54) is 29.2 Å². The zero-order valence-electron chi connectivity index (χ0n) is 6.33. The van der Waals surface area contributed by atoms with Crippen LogP contribution in [0.5, 0.6) is 0 Å². The number of hydrogen-bond donors (Lipinski definition) is 1. The van der Waals surface area contributed by atoms with E-state index in [1.54, 1.807) is 0 Å². The molecule has 0 spiro atoms. The Balaban J connectivity index is 3.16. The third-order valence-corrected chi connectivity index (χ3v) is 3.51. The first kappa shape index (κ1) is 9.17. The van der Waals surface area contributed by atoms with Gasteiger partial charge in [0.25, 0.3) is 0 Å². The van der Waals surface area contributed by atoms with Crippen molar-refractivity contribution in [3.63, 3.8) is 0 Å². The third kappa shape index (κ3) is 1.63. The topological polar surface area (TPSA) is 37.3 Å². The molecule has 1 aromatic rings. The lowest BCUT2D eigenvalue weighted by atomic mass is 10.3. The molecule has 1 aromatic heterocycles. The average Bonchev–Trinajstić information content (AvgIpc) is 2.46. The van der Waals surface area contributed by atoms with Crippen LogP contribution < -0.4 is 0 Å². The lowest BCUT2D eigenvalue weighted by molar-refractivity contribution is 0.0702. The van der Waals surface area contributed by atoms with Gasteiger partial charge in [-0.05, 0) is 12.3 Å². The smallest absolute Gasteiger partial charge is 0.345 e. The van der Waals surface area contributed by atoms with E-state index in [4.69, 9.17) is 11.5 Å². The lowest BCUT2D eigenvalue weighted by Gasteiger charge is -1.86. The molecule has 0 saturated heterocycles. The summed E-state index contributed by atoms with van der Waals surface area (Å²) < 4.78 is 0.884. The molecule has 0 amide bonds. The van der Waals surface area contributed by atoms with Crippen molar-refractivity contribution in [3.05, 3.63) is 16.5 Å². The summed E-state index contributed by atoms with van der Waals surface area (Å²) in [4.78, 5) is 10.8. The molecule has 2 nitrogen and oxygen atoms in total. The Bertz CT molecular complexity index is 346. The Morgan fingerprint density at radius 3 is 2.83 bits per heavy atom. The van der Waals surface area contributed by atoms with Gasteiger partial charge in [-0.3, -0.25) is 0 Å². The van der Waals surface area contributed by atoms with E-state index in [0.717, 1.165) is 4.21 Å². The molecule has 0 aliphatic carbocycles. The predicted molar refractivity (Wildman–Crippen MR) is 51.0 cm³/mol. The minimum absolute atomic E-state index is 0.298. The van der Waals surface area contributed by atoms with Crippen LogP contribution in [-0.2, 0) is 0 Å². The first-order valence-corrected chi connectivity index (χ1v) is 5.11. The number of rotatable bonds is 2. The Labute approximate surface area is 78.6 Å². The summed E-state index contributed by atoms with van der Waals surface area (Å²) in [6, 6.07) is 1.53. The van der Waals surface area contributed by atoms with E-state index in [2.05, 4.69) is 5.92 Å². The third-order valence-electron chi connectivity index (χ3n) is 1.25.